The zero-order chi connectivity index (χ0) is 27.5. The summed E-state index contributed by atoms with van der Waals surface area (Å²) in [4.78, 5) is 37.9. The van der Waals surface area contributed by atoms with Gasteiger partial charge < -0.3 is 20.2 Å². The average molecular weight is 527 g/mol. The molecule has 1 aromatic heterocycles. The Morgan fingerprint density at radius 3 is 2.38 bits per heavy atom. The maximum atomic E-state index is 13.6. The van der Waals surface area contributed by atoms with Crippen molar-refractivity contribution >= 4 is 28.8 Å². The fourth-order valence-corrected chi connectivity index (χ4v) is 5.99. The number of hydrogen-bond acceptors (Lipinski definition) is 4. The van der Waals surface area contributed by atoms with Gasteiger partial charge in [-0.25, -0.2) is 4.39 Å². The molecule has 0 spiro atoms. The van der Waals surface area contributed by atoms with Gasteiger partial charge in [0.1, 0.15) is 17.2 Å². The van der Waals surface area contributed by atoms with Crippen molar-refractivity contribution < 1.29 is 28.3 Å². The number of rotatable bonds is 7. The summed E-state index contributed by atoms with van der Waals surface area (Å²) in [6.07, 6.45) is 1.74. The van der Waals surface area contributed by atoms with Crippen molar-refractivity contribution in [2.75, 3.05) is 7.05 Å². The minimum absolute atomic E-state index is 0.110. The SMILES string of the molecule is CNC(=O)c1c(-c2ccc(F)cc2)oc2cc(CC(=O)O)c(-c3cccc(C(=O)NC45CC(C4)[C@H]5C)c3)cc12. The molecule has 0 unspecified atom stereocenters. The highest BCUT2D eigenvalue weighted by Gasteiger charge is 2.63. The quantitative estimate of drug-likeness (QED) is 0.298. The smallest absolute Gasteiger partial charge is 0.307 e. The van der Waals surface area contributed by atoms with Crippen molar-refractivity contribution in [1.29, 1.82) is 0 Å². The largest absolute Gasteiger partial charge is 0.481 e. The van der Waals surface area contributed by atoms with E-state index in [1.54, 1.807) is 30.3 Å². The zero-order valence-corrected chi connectivity index (χ0v) is 21.5. The van der Waals surface area contributed by atoms with Crippen LogP contribution in [0.2, 0.25) is 0 Å². The summed E-state index contributed by atoms with van der Waals surface area (Å²) >= 11 is 0. The normalized spacial score (nSPS) is 21.1. The minimum atomic E-state index is -1.03. The molecule has 2 bridgehead atoms. The first-order chi connectivity index (χ1) is 18.7. The van der Waals surface area contributed by atoms with Crippen LogP contribution in [0.4, 0.5) is 4.39 Å². The second-order valence-electron chi connectivity index (χ2n) is 10.6. The molecule has 3 fully saturated rings. The van der Waals surface area contributed by atoms with E-state index in [4.69, 9.17) is 4.42 Å². The highest BCUT2D eigenvalue weighted by molar-refractivity contribution is 6.12. The number of carboxylic acid groups (broad SMARTS) is 1. The van der Waals surface area contributed by atoms with Crippen LogP contribution >= 0.6 is 0 Å². The van der Waals surface area contributed by atoms with Crippen molar-refractivity contribution in [1.82, 2.24) is 10.6 Å². The summed E-state index contributed by atoms with van der Waals surface area (Å²) in [6, 6.07) is 16.0. The number of hydrogen-bond donors (Lipinski definition) is 3. The van der Waals surface area contributed by atoms with Crippen molar-refractivity contribution in [2.24, 2.45) is 11.8 Å². The predicted molar refractivity (Wildman–Crippen MR) is 144 cm³/mol. The predicted octanol–water partition coefficient (Wildman–Crippen LogP) is 5.42. The van der Waals surface area contributed by atoms with E-state index in [9.17, 15) is 23.9 Å². The summed E-state index contributed by atoms with van der Waals surface area (Å²) in [5, 5.41) is 16.0. The fourth-order valence-electron chi connectivity index (χ4n) is 5.99. The van der Waals surface area contributed by atoms with Crippen LogP contribution in [0.25, 0.3) is 33.4 Å². The van der Waals surface area contributed by atoms with E-state index in [2.05, 4.69) is 17.6 Å². The Morgan fingerprint density at radius 1 is 1.03 bits per heavy atom. The van der Waals surface area contributed by atoms with Gasteiger partial charge in [0.15, 0.2) is 0 Å². The third-order valence-electron chi connectivity index (χ3n) is 8.45. The van der Waals surface area contributed by atoms with Gasteiger partial charge in [0, 0.05) is 29.1 Å². The van der Waals surface area contributed by atoms with Gasteiger partial charge in [0.2, 0.25) is 0 Å². The number of benzene rings is 3. The van der Waals surface area contributed by atoms with Gasteiger partial charge >= 0.3 is 5.97 Å². The second kappa shape index (κ2) is 9.08. The van der Waals surface area contributed by atoms with Crippen molar-refractivity contribution in [3.8, 4) is 22.5 Å². The van der Waals surface area contributed by atoms with E-state index in [0.717, 1.165) is 12.8 Å². The van der Waals surface area contributed by atoms with Gasteiger partial charge in [-0.05, 0) is 89.9 Å². The molecule has 4 aromatic rings. The number of fused-ring (bicyclic) bond motifs is 1. The minimum Gasteiger partial charge on any atom is -0.481 e. The van der Waals surface area contributed by atoms with E-state index >= 15 is 0 Å². The molecule has 198 valence electrons. The van der Waals surface area contributed by atoms with Crippen LogP contribution in [0.5, 0.6) is 0 Å². The Hall–Kier alpha value is -4.46. The molecule has 8 heteroatoms. The Morgan fingerprint density at radius 2 is 1.77 bits per heavy atom. The first-order valence-electron chi connectivity index (χ1n) is 12.9. The van der Waals surface area contributed by atoms with E-state index in [-0.39, 0.29) is 29.2 Å². The van der Waals surface area contributed by atoms with Gasteiger partial charge in [-0.2, -0.15) is 0 Å². The number of amides is 2. The number of carbonyl (C=O) groups excluding carboxylic acids is 2. The van der Waals surface area contributed by atoms with Crippen LogP contribution in [-0.4, -0.2) is 35.5 Å². The number of aliphatic carboxylic acids is 1. The number of halogens is 1. The third kappa shape index (κ3) is 4.07. The lowest BCUT2D eigenvalue weighted by atomic mass is 9.43. The summed E-state index contributed by atoms with van der Waals surface area (Å²) < 4.78 is 19.6. The monoisotopic (exact) mass is 526 g/mol. The van der Waals surface area contributed by atoms with E-state index in [0.29, 0.717) is 50.6 Å². The molecule has 0 radical (unpaired) electrons. The molecule has 0 aliphatic heterocycles. The maximum Gasteiger partial charge on any atom is 0.307 e. The van der Waals surface area contributed by atoms with Crippen LogP contribution in [0, 0.1) is 17.7 Å². The molecule has 39 heavy (non-hydrogen) atoms. The average Bonchev–Trinajstić information content (AvgIpc) is 3.28. The summed E-state index contributed by atoms with van der Waals surface area (Å²) in [7, 11) is 1.50. The first-order valence-corrected chi connectivity index (χ1v) is 12.9. The molecule has 3 N–H and O–H groups in total. The van der Waals surface area contributed by atoms with Gasteiger partial charge in [0.25, 0.3) is 11.8 Å². The van der Waals surface area contributed by atoms with Gasteiger partial charge in [-0.3, -0.25) is 14.4 Å². The summed E-state index contributed by atoms with van der Waals surface area (Å²) in [5.74, 6) is -0.571. The zero-order valence-electron chi connectivity index (χ0n) is 21.5. The lowest BCUT2D eigenvalue weighted by molar-refractivity contribution is -0.136. The number of nitrogens with one attached hydrogen (secondary N) is 2. The molecule has 3 aliphatic rings. The Kier molecular flexibility index (Phi) is 5.79. The molecule has 1 heterocycles. The second-order valence-corrected chi connectivity index (χ2v) is 10.6. The van der Waals surface area contributed by atoms with Gasteiger partial charge in [-0.1, -0.05) is 19.1 Å². The van der Waals surface area contributed by atoms with Crippen LogP contribution < -0.4 is 10.6 Å². The van der Waals surface area contributed by atoms with E-state index in [1.807, 2.05) is 6.07 Å². The van der Waals surface area contributed by atoms with Crippen LogP contribution in [-0.2, 0) is 11.2 Å². The molecule has 3 aliphatic carbocycles. The summed E-state index contributed by atoms with van der Waals surface area (Å²) in [5.41, 5.74) is 3.18. The van der Waals surface area contributed by atoms with Gasteiger partial charge in [-0.15, -0.1) is 0 Å². The van der Waals surface area contributed by atoms with Crippen molar-refractivity contribution in [3.05, 3.63) is 83.2 Å². The number of furan rings is 1. The molecular formula is C31H27FN2O5. The Labute approximate surface area is 224 Å². The maximum absolute atomic E-state index is 13.6. The highest BCUT2D eigenvalue weighted by atomic mass is 19.1. The van der Waals surface area contributed by atoms with Gasteiger partial charge in [0.05, 0.1) is 12.0 Å². The van der Waals surface area contributed by atoms with Crippen molar-refractivity contribution in [2.45, 2.75) is 31.7 Å². The van der Waals surface area contributed by atoms with Crippen LogP contribution in [0.15, 0.2) is 65.1 Å². The topological polar surface area (TPSA) is 109 Å². The van der Waals surface area contributed by atoms with Crippen LogP contribution in [0.1, 0.15) is 46.0 Å². The number of carboxylic acids is 1. The van der Waals surface area contributed by atoms with E-state index in [1.165, 1.54) is 31.3 Å². The standard InChI is InChI=1S/C31H27FN2O5/c1-16-21-14-31(16,15-21)34-29(37)19-5-3-4-18(10-19)23-13-24-25(11-20(23)12-26(35)36)39-28(27(24)30(38)33-2)17-6-8-22(32)9-7-17/h3-11,13,16,21H,12,14-15H2,1-2H3,(H,33,38)(H,34,37)(H,35,36)/t16-,21?,31?/m1/s1. The molecule has 0 saturated heterocycles. The lowest BCUT2D eigenvalue weighted by Gasteiger charge is -2.67. The molecule has 7 nitrogen and oxygen atoms in total. The fraction of sp³-hybridized carbons (Fsp3) is 0.258. The Bertz CT molecular complexity index is 1650. The van der Waals surface area contributed by atoms with Crippen molar-refractivity contribution in [3.63, 3.8) is 0 Å². The number of carbonyl (C=O) groups is 3. The lowest BCUT2D eigenvalue weighted by Crippen LogP contribution is -2.74. The van der Waals surface area contributed by atoms with Crippen LogP contribution in [0.3, 0.4) is 0 Å². The molecular weight excluding hydrogens is 499 g/mol. The highest BCUT2D eigenvalue weighted by Crippen LogP contribution is 2.61. The molecule has 3 saturated carbocycles. The summed E-state index contributed by atoms with van der Waals surface area (Å²) in [6.45, 7) is 2.16. The molecule has 1 atom stereocenters. The Balaban J connectivity index is 1.47. The first kappa shape index (κ1) is 24.9. The molecule has 3 aromatic carbocycles. The third-order valence-corrected chi connectivity index (χ3v) is 8.45. The molecule has 2 amide bonds. The molecule has 7 rings (SSSR count). The van der Waals surface area contributed by atoms with E-state index < -0.39 is 17.7 Å².